The summed E-state index contributed by atoms with van der Waals surface area (Å²) in [6.07, 6.45) is 1.28. The Labute approximate surface area is 134 Å². The summed E-state index contributed by atoms with van der Waals surface area (Å²) < 4.78 is 1.25. The summed E-state index contributed by atoms with van der Waals surface area (Å²) in [5, 5.41) is 19.4. The summed E-state index contributed by atoms with van der Waals surface area (Å²) in [6.45, 7) is 9.78. The van der Waals surface area contributed by atoms with Gasteiger partial charge in [-0.1, -0.05) is 26.8 Å². The zero-order valence-electron chi connectivity index (χ0n) is 13.6. The first-order valence-electron chi connectivity index (χ1n) is 7.46. The van der Waals surface area contributed by atoms with E-state index in [9.17, 15) is 14.9 Å². The van der Waals surface area contributed by atoms with Gasteiger partial charge in [-0.2, -0.15) is 0 Å². The van der Waals surface area contributed by atoms with Gasteiger partial charge in [-0.05, 0) is 25.7 Å². The van der Waals surface area contributed by atoms with E-state index < -0.39 is 10.9 Å². The van der Waals surface area contributed by atoms with Crippen molar-refractivity contribution in [1.29, 1.82) is 0 Å². The number of carboxylic acids is 1. The second-order valence-corrected chi connectivity index (χ2v) is 4.79. The monoisotopic (exact) mass is 322 g/mol. The van der Waals surface area contributed by atoms with Gasteiger partial charge < -0.3 is 14.6 Å². The second kappa shape index (κ2) is 8.84. The fraction of sp³-hybridized carbons (Fsp3) is 0.467. The summed E-state index contributed by atoms with van der Waals surface area (Å²) in [5.41, 5.74) is 0.501. The van der Waals surface area contributed by atoms with E-state index in [-0.39, 0.29) is 17.7 Å². The van der Waals surface area contributed by atoms with Gasteiger partial charge in [0.1, 0.15) is 12.1 Å². The molecule has 0 atom stereocenters. The van der Waals surface area contributed by atoms with Crippen LogP contribution in [0.2, 0.25) is 0 Å². The molecule has 1 aromatic carbocycles. The van der Waals surface area contributed by atoms with E-state index in [0.717, 1.165) is 0 Å². The van der Waals surface area contributed by atoms with Gasteiger partial charge in [0.05, 0.1) is 16.8 Å². The van der Waals surface area contributed by atoms with Crippen molar-refractivity contribution >= 4 is 22.7 Å². The number of aromatic nitrogens is 2. The van der Waals surface area contributed by atoms with Crippen LogP contribution in [-0.2, 0) is 11.3 Å². The molecule has 0 aliphatic heterocycles. The molecule has 1 heterocycles. The molecule has 0 aliphatic carbocycles. The van der Waals surface area contributed by atoms with Crippen LogP contribution in [0.5, 0.6) is 0 Å². The summed E-state index contributed by atoms with van der Waals surface area (Å²) in [4.78, 5) is 27.1. The number of imidazole rings is 1. The van der Waals surface area contributed by atoms with Crippen molar-refractivity contribution < 1.29 is 14.8 Å². The van der Waals surface area contributed by atoms with E-state index in [1.807, 2.05) is 0 Å². The highest BCUT2D eigenvalue weighted by molar-refractivity contribution is 5.86. The molecule has 126 valence electrons. The molecule has 0 fully saturated rings. The van der Waals surface area contributed by atoms with Crippen molar-refractivity contribution in [1.82, 2.24) is 14.5 Å². The molecule has 8 nitrogen and oxygen atoms in total. The van der Waals surface area contributed by atoms with Gasteiger partial charge in [0, 0.05) is 6.07 Å². The van der Waals surface area contributed by atoms with Crippen LogP contribution in [-0.4, -0.2) is 50.1 Å². The molecule has 23 heavy (non-hydrogen) atoms. The zero-order valence-corrected chi connectivity index (χ0v) is 13.6. The molecule has 0 bridgehead atoms. The van der Waals surface area contributed by atoms with Crippen LogP contribution in [0.25, 0.3) is 11.0 Å². The Kier molecular flexibility index (Phi) is 7.14. The molecule has 0 unspecified atom stereocenters. The summed E-state index contributed by atoms with van der Waals surface area (Å²) >= 11 is 0. The lowest BCUT2D eigenvalue weighted by Crippen LogP contribution is -2.21. The van der Waals surface area contributed by atoms with Crippen molar-refractivity contribution in [2.24, 2.45) is 0 Å². The van der Waals surface area contributed by atoms with E-state index in [0.29, 0.717) is 5.52 Å². The van der Waals surface area contributed by atoms with Crippen LogP contribution < -0.4 is 0 Å². The minimum absolute atomic E-state index is 0.142. The maximum Gasteiger partial charge on any atom is 0.323 e. The van der Waals surface area contributed by atoms with Crippen LogP contribution >= 0.6 is 0 Å². The fourth-order valence-corrected chi connectivity index (χ4v) is 2.19. The molecule has 0 saturated heterocycles. The van der Waals surface area contributed by atoms with Crippen LogP contribution in [0.1, 0.15) is 20.8 Å². The third kappa shape index (κ3) is 5.03. The van der Waals surface area contributed by atoms with E-state index in [1.165, 1.54) is 42.7 Å². The number of para-hydroxylation sites is 1. The predicted molar refractivity (Wildman–Crippen MR) is 87.5 cm³/mol. The number of nitrogens with zero attached hydrogens (tertiary/aromatic N) is 4. The smallest absolute Gasteiger partial charge is 0.323 e. The van der Waals surface area contributed by atoms with Crippen LogP contribution in [0.4, 0.5) is 5.69 Å². The highest BCUT2D eigenvalue weighted by Crippen LogP contribution is 2.24. The molecule has 1 N–H and O–H groups in total. The maximum absolute atomic E-state index is 10.8. The maximum atomic E-state index is 10.8. The SMILES string of the molecule is CCN(CC)CC.O=C(O)Cn1cnc2cccc([N+](=O)[O-])c21. The lowest BCUT2D eigenvalue weighted by atomic mass is 10.2. The van der Waals surface area contributed by atoms with Crippen LogP contribution in [0.3, 0.4) is 0 Å². The standard InChI is InChI=1S/C9H7N3O4.C6H15N/c13-8(14)4-11-5-10-6-2-1-3-7(9(6)11)12(15)16;1-4-7(5-2)6-3/h1-3,5H,4H2,(H,13,14);4-6H2,1-3H3. The van der Waals surface area contributed by atoms with Crippen molar-refractivity contribution in [3.63, 3.8) is 0 Å². The number of nitro benzene ring substituents is 1. The molecule has 0 aliphatic rings. The first-order valence-corrected chi connectivity index (χ1v) is 7.46. The number of rotatable bonds is 6. The van der Waals surface area contributed by atoms with Gasteiger partial charge in [-0.25, -0.2) is 4.98 Å². The zero-order chi connectivity index (χ0) is 17.4. The van der Waals surface area contributed by atoms with Crippen LogP contribution in [0, 0.1) is 10.1 Å². The molecule has 0 saturated carbocycles. The number of carbonyl (C=O) groups is 1. The molecule has 1 aromatic heterocycles. The third-order valence-electron chi connectivity index (χ3n) is 3.46. The highest BCUT2D eigenvalue weighted by Gasteiger charge is 2.17. The predicted octanol–water partition coefficient (Wildman–Crippen LogP) is 2.38. The normalized spacial score (nSPS) is 10.4. The molecule has 8 heteroatoms. The van der Waals surface area contributed by atoms with E-state index >= 15 is 0 Å². The number of fused-ring (bicyclic) bond motifs is 1. The van der Waals surface area contributed by atoms with E-state index in [4.69, 9.17) is 5.11 Å². The largest absolute Gasteiger partial charge is 0.480 e. The number of aliphatic carboxylic acids is 1. The Morgan fingerprint density at radius 2 is 1.91 bits per heavy atom. The van der Waals surface area contributed by atoms with Gasteiger partial charge in [0.25, 0.3) is 5.69 Å². The first-order chi connectivity index (χ1) is 10.9. The van der Waals surface area contributed by atoms with Gasteiger partial charge in [-0.15, -0.1) is 0 Å². The Morgan fingerprint density at radius 1 is 1.30 bits per heavy atom. The minimum atomic E-state index is -1.07. The van der Waals surface area contributed by atoms with Crippen molar-refractivity contribution in [2.75, 3.05) is 19.6 Å². The van der Waals surface area contributed by atoms with Crippen molar-refractivity contribution in [3.8, 4) is 0 Å². The van der Waals surface area contributed by atoms with Gasteiger partial charge >= 0.3 is 5.97 Å². The number of non-ortho nitro benzene ring substituents is 1. The topological polar surface area (TPSA) is 102 Å². The Balaban J connectivity index is 0.000000322. The van der Waals surface area contributed by atoms with Crippen LogP contribution in [0.15, 0.2) is 24.5 Å². The lowest BCUT2D eigenvalue weighted by Gasteiger charge is -2.13. The Hall–Kier alpha value is -2.48. The fourth-order valence-electron chi connectivity index (χ4n) is 2.19. The number of hydrogen-bond donors (Lipinski definition) is 1. The van der Waals surface area contributed by atoms with E-state index in [1.54, 1.807) is 6.07 Å². The quantitative estimate of drug-likeness (QED) is 0.647. The number of hydrogen-bond acceptors (Lipinski definition) is 5. The third-order valence-corrected chi connectivity index (χ3v) is 3.46. The summed E-state index contributed by atoms with van der Waals surface area (Å²) in [6, 6.07) is 4.43. The number of benzene rings is 1. The number of carboxylic acid groups (broad SMARTS) is 1. The number of nitro groups is 1. The second-order valence-electron chi connectivity index (χ2n) is 4.79. The molecule has 2 aromatic rings. The first kappa shape index (κ1) is 18.6. The molecular weight excluding hydrogens is 300 g/mol. The molecule has 0 amide bonds. The van der Waals surface area contributed by atoms with Gasteiger partial charge in [0.2, 0.25) is 0 Å². The minimum Gasteiger partial charge on any atom is -0.480 e. The van der Waals surface area contributed by atoms with E-state index in [2.05, 4.69) is 30.7 Å². The Morgan fingerprint density at radius 3 is 2.35 bits per heavy atom. The van der Waals surface area contributed by atoms with Gasteiger partial charge in [-0.3, -0.25) is 14.9 Å². The lowest BCUT2D eigenvalue weighted by molar-refractivity contribution is -0.383. The summed E-state index contributed by atoms with van der Waals surface area (Å²) in [7, 11) is 0. The molecule has 2 rings (SSSR count). The molecular formula is C15H22N4O4. The summed E-state index contributed by atoms with van der Waals surface area (Å²) in [5.74, 6) is -1.07. The average Bonchev–Trinajstić information content (AvgIpc) is 2.92. The molecule has 0 spiro atoms. The highest BCUT2D eigenvalue weighted by atomic mass is 16.6. The molecule has 0 radical (unpaired) electrons. The Bertz CT molecular complexity index is 659. The average molecular weight is 322 g/mol. The van der Waals surface area contributed by atoms with Crippen molar-refractivity contribution in [3.05, 3.63) is 34.6 Å². The van der Waals surface area contributed by atoms with Gasteiger partial charge in [0.15, 0.2) is 0 Å². The van der Waals surface area contributed by atoms with Crippen molar-refractivity contribution in [2.45, 2.75) is 27.3 Å².